The zero-order valence-electron chi connectivity index (χ0n) is 11.3. The van der Waals surface area contributed by atoms with Gasteiger partial charge in [-0.2, -0.15) is 0 Å². The molecule has 3 nitrogen and oxygen atoms in total. The molecule has 4 N–H and O–H groups in total. The summed E-state index contributed by atoms with van der Waals surface area (Å²) in [7, 11) is 0. The van der Waals surface area contributed by atoms with Crippen LogP contribution in [0.5, 0.6) is 0 Å². The first-order valence-electron chi connectivity index (χ1n) is 6.99. The minimum absolute atomic E-state index is 0.376. The third-order valence-corrected chi connectivity index (χ3v) is 3.77. The first-order chi connectivity index (χ1) is 8.31. The van der Waals surface area contributed by atoms with Crippen LogP contribution in [0.15, 0.2) is 0 Å². The predicted octanol–water partition coefficient (Wildman–Crippen LogP) is 4.04. The van der Waals surface area contributed by atoms with Crippen LogP contribution in [-0.2, 0) is 0 Å². The van der Waals surface area contributed by atoms with E-state index < -0.39 is 0 Å². The molecule has 0 saturated carbocycles. The lowest BCUT2D eigenvalue weighted by molar-refractivity contribution is 0.563. The molecule has 102 valence electrons. The van der Waals surface area contributed by atoms with Gasteiger partial charge in [0.25, 0.3) is 0 Å². The smallest absolute Gasteiger partial charge is 0.167 e. The van der Waals surface area contributed by atoms with Crippen LogP contribution < -0.4 is 11.3 Å². The van der Waals surface area contributed by atoms with Gasteiger partial charge >= 0.3 is 0 Å². The Bertz CT molecular complexity index is 174. The van der Waals surface area contributed by atoms with Crippen molar-refractivity contribution in [3.63, 3.8) is 0 Å². The van der Waals surface area contributed by atoms with Crippen LogP contribution in [0.3, 0.4) is 0 Å². The summed E-state index contributed by atoms with van der Waals surface area (Å²) in [5.41, 5.74) is 2.35. The summed E-state index contributed by atoms with van der Waals surface area (Å²) in [5, 5.41) is 7.67. The lowest BCUT2D eigenvalue weighted by atomic mass is 10.1. The maximum Gasteiger partial charge on any atom is 0.167 e. The molecule has 0 aromatic heterocycles. The van der Waals surface area contributed by atoms with Gasteiger partial charge in [0.15, 0.2) is 5.17 Å². The molecule has 0 spiro atoms. The van der Waals surface area contributed by atoms with Crippen LogP contribution in [0.1, 0.15) is 71.1 Å². The van der Waals surface area contributed by atoms with Crippen LogP contribution in [-0.4, -0.2) is 10.9 Å². The molecule has 0 aliphatic heterocycles. The zero-order chi connectivity index (χ0) is 12.8. The van der Waals surface area contributed by atoms with E-state index in [4.69, 9.17) is 11.3 Å². The molecule has 0 amide bonds. The summed E-state index contributed by atoms with van der Waals surface area (Å²) in [4.78, 5) is 0. The standard InChI is InChI=1S/C13H29N3S/c1-2-3-4-5-6-7-8-9-10-11-12-17-13(14)16-15/h2-12,15H2,1H3,(H2,14,16). The summed E-state index contributed by atoms with van der Waals surface area (Å²) in [6, 6.07) is 0. The molecule has 0 saturated heterocycles. The second-order valence-electron chi connectivity index (χ2n) is 4.50. The number of nitrogens with one attached hydrogen (secondary N) is 2. The van der Waals surface area contributed by atoms with E-state index in [1.54, 1.807) is 0 Å². The van der Waals surface area contributed by atoms with Crippen molar-refractivity contribution in [3.05, 3.63) is 0 Å². The number of amidine groups is 1. The van der Waals surface area contributed by atoms with Gasteiger partial charge in [0.1, 0.15) is 0 Å². The Morgan fingerprint density at radius 1 is 0.941 bits per heavy atom. The Kier molecular flexibility index (Phi) is 13.7. The van der Waals surface area contributed by atoms with E-state index in [1.165, 1.54) is 76.0 Å². The zero-order valence-corrected chi connectivity index (χ0v) is 12.1. The van der Waals surface area contributed by atoms with Gasteiger partial charge in [0, 0.05) is 5.75 Å². The van der Waals surface area contributed by atoms with Crippen molar-refractivity contribution in [2.45, 2.75) is 71.1 Å². The molecule has 0 unspecified atom stereocenters. The maximum atomic E-state index is 7.29. The third-order valence-electron chi connectivity index (χ3n) is 2.88. The Morgan fingerprint density at radius 2 is 1.41 bits per heavy atom. The Balaban J connectivity index is 2.96. The van der Waals surface area contributed by atoms with Crippen LogP contribution in [0, 0.1) is 5.41 Å². The molecular weight excluding hydrogens is 230 g/mol. The van der Waals surface area contributed by atoms with Gasteiger partial charge in [-0.05, 0) is 6.42 Å². The Labute approximate surface area is 111 Å². The lowest BCUT2D eigenvalue weighted by Crippen LogP contribution is -2.26. The van der Waals surface area contributed by atoms with Crippen molar-refractivity contribution in [2.24, 2.45) is 5.84 Å². The number of thioether (sulfide) groups is 1. The van der Waals surface area contributed by atoms with Gasteiger partial charge in [0.2, 0.25) is 0 Å². The van der Waals surface area contributed by atoms with E-state index in [-0.39, 0.29) is 0 Å². The fourth-order valence-electron chi connectivity index (χ4n) is 1.81. The SMILES string of the molecule is CCCCCCCCCCCCSC(=N)NN. The fourth-order valence-corrected chi connectivity index (χ4v) is 2.44. The molecular formula is C13H29N3S. The molecule has 4 heteroatoms. The molecule has 0 rings (SSSR count). The molecule has 0 bridgehead atoms. The third kappa shape index (κ3) is 13.7. The Hall–Kier alpha value is -0.220. The molecule has 0 aromatic rings. The average Bonchev–Trinajstić information content (AvgIpc) is 2.35. The molecule has 0 aromatic carbocycles. The summed E-state index contributed by atoms with van der Waals surface area (Å²) in [5.74, 6) is 6.12. The summed E-state index contributed by atoms with van der Waals surface area (Å²) in [6.45, 7) is 2.26. The van der Waals surface area contributed by atoms with Crippen LogP contribution in [0.25, 0.3) is 0 Å². The molecule has 0 radical (unpaired) electrons. The van der Waals surface area contributed by atoms with Gasteiger partial charge in [-0.3, -0.25) is 5.41 Å². The average molecular weight is 259 g/mol. The molecule has 0 heterocycles. The highest BCUT2D eigenvalue weighted by Crippen LogP contribution is 2.12. The maximum absolute atomic E-state index is 7.29. The molecule has 0 aliphatic rings. The van der Waals surface area contributed by atoms with Crippen molar-refractivity contribution in [1.29, 1.82) is 5.41 Å². The normalized spacial score (nSPS) is 10.5. The van der Waals surface area contributed by atoms with Crippen molar-refractivity contribution >= 4 is 16.9 Å². The number of nitrogens with two attached hydrogens (primary N) is 1. The second kappa shape index (κ2) is 13.8. The topological polar surface area (TPSA) is 61.9 Å². The van der Waals surface area contributed by atoms with Crippen LogP contribution in [0.4, 0.5) is 0 Å². The minimum atomic E-state index is 0.376. The fraction of sp³-hybridized carbons (Fsp3) is 0.923. The second-order valence-corrected chi connectivity index (χ2v) is 5.61. The van der Waals surface area contributed by atoms with Crippen molar-refractivity contribution in [3.8, 4) is 0 Å². The van der Waals surface area contributed by atoms with Crippen molar-refractivity contribution in [2.75, 3.05) is 5.75 Å². The van der Waals surface area contributed by atoms with Crippen molar-refractivity contribution < 1.29 is 0 Å². The molecule has 17 heavy (non-hydrogen) atoms. The van der Waals surface area contributed by atoms with E-state index >= 15 is 0 Å². The van der Waals surface area contributed by atoms with Crippen molar-refractivity contribution in [1.82, 2.24) is 5.43 Å². The van der Waals surface area contributed by atoms with Gasteiger partial charge < -0.3 is 5.43 Å². The number of hydrogen-bond donors (Lipinski definition) is 3. The van der Waals surface area contributed by atoms with Gasteiger partial charge in [-0.1, -0.05) is 76.5 Å². The lowest BCUT2D eigenvalue weighted by Gasteiger charge is -2.03. The highest BCUT2D eigenvalue weighted by Gasteiger charge is 1.95. The first-order valence-corrected chi connectivity index (χ1v) is 7.97. The van der Waals surface area contributed by atoms with E-state index in [1.807, 2.05) is 0 Å². The molecule has 0 atom stereocenters. The monoisotopic (exact) mass is 259 g/mol. The highest BCUT2D eigenvalue weighted by molar-refractivity contribution is 8.13. The predicted molar refractivity (Wildman–Crippen MR) is 79.4 cm³/mol. The summed E-state index contributed by atoms with van der Waals surface area (Å²) in [6.07, 6.45) is 13.6. The number of rotatable bonds is 11. The van der Waals surface area contributed by atoms with Gasteiger partial charge in [-0.25, -0.2) is 5.84 Å². The quantitative estimate of drug-likeness (QED) is 0.172. The van der Waals surface area contributed by atoms with Crippen LogP contribution >= 0.6 is 11.8 Å². The Morgan fingerprint density at radius 3 is 1.88 bits per heavy atom. The van der Waals surface area contributed by atoms with Gasteiger partial charge in [-0.15, -0.1) is 0 Å². The number of unbranched alkanes of at least 4 members (excludes halogenated alkanes) is 9. The van der Waals surface area contributed by atoms with E-state index in [9.17, 15) is 0 Å². The van der Waals surface area contributed by atoms with E-state index in [0.29, 0.717) is 5.17 Å². The highest BCUT2D eigenvalue weighted by atomic mass is 32.2. The largest absolute Gasteiger partial charge is 0.303 e. The number of hydrazine groups is 1. The van der Waals surface area contributed by atoms with E-state index in [0.717, 1.165) is 5.75 Å². The van der Waals surface area contributed by atoms with Crippen LogP contribution in [0.2, 0.25) is 0 Å². The number of hydrogen-bond acceptors (Lipinski definition) is 3. The van der Waals surface area contributed by atoms with E-state index in [2.05, 4.69) is 12.3 Å². The minimum Gasteiger partial charge on any atom is -0.303 e. The molecule has 0 fully saturated rings. The summed E-state index contributed by atoms with van der Waals surface area (Å²) < 4.78 is 0. The molecule has 0 aliphatic carbocycles. The summed E-state index contributed by atoms with van der Waals surface area (Å²) >= 11 is 1.50. The van der Waals surface area contributed by atoms with Gasteiger partial charge in [0.05, 0.1) is 0 Å². The first kappa shape index (κ1) is 16.8.